The molecule has 8 heteroatoms. The van der Waals surface area contributed by atoms with Crippen molar-refractivity contribution in [3.05, 3.63) is 41.2 Å². The largest absolute Gasteiger partial charge is 0.486 e. The van der Waals surface area contributed by atoms with E-state index in [2.05, 4.69) is 33.5 Å². The maximum Gasteiger partial charge on any atom is 0.246 e. The van der Waals surface area contributed by atoms with Crippen molar-refractivity contribution in [1.82, 2.24) is 20.0 Å². The zero-order chi connectivity index (χ0) is 18.6. The lowest BCUT2D eigenvalue weighted by Crippen LogP contribution is -2.33. The second kappa shape index (κ2) is 7.98. The number of aromatic nitrogens is 2. The molecule has 1 aromatic carbocycles. The maximum absolute atomic E-state index is 11.5. The van der Waals surface area contributed by atoms with Gasteiger partial charge in [0.15, 0.2) is 11.5 Å². The van der Waals surface area contributed by atoms with Crippen molar-refractivity contribution in [1.29, 1.82) is 0 Å². The van der Waals surface area contributed by atoms with Gasteiger partial charge in [-0.15, -0.1) is 0 Å². The van der Waals surface area contributed by atoms with Crippen LogP contribution in [0.25, 0.3) is 0 Å². The predicted molar refractivity (Wildman–Crippen MR) is 97.5 cm³/mol. The highest BCUT2D eigenvalue weighted by Crippen LogP contribution is 2.31. The third-order valence-corrected chi connectivity index (χ3v) is 4.68. The van der Waals surface area contributed by atoms with Crippen LogP contribution >= 0.6 is 0 Å². The molecule has 1 amide bonds. The minimum atomic E-state index is -0.135. The summed E-state index contributed by atoms with van der Waals surface area (Å²) in [7, 11) is 1.51. The molecular formula is C19H24N4O4. The Morgan fingerprint density at radius 2 is 2.07 bits per heavy atom. The molecule has 0 spiro atoms. The summed E-state index contributed by atoms with van der Waals surface area (Å²) < 4.78 is 18.1. The van der Waals surface area contributed by atoms with Crippen LogP contribution in [0.3, 0.4) is 0 Å². The molecule has 2 aromatic rings. The Bertz CT molecular complexity index is 820. The quantitative estimate of drug-likeness (QED) is 0.813. The number of benzene rings is 1. The SMILES string of the molecule is COCC(=O)NCc1cc2n(n1)CCN(Cc1ccc3c(c1)OCCO3)C2. The van der Waals surface area contributed by atoms with Gasteiger partial charge in [0.05, 0.1) is 24.5 Å². The number of amides is 1. The third kappa shape index (κ3) is 4.23. The van der Waals surface area contributed by atoms with Crippen LogP contribution in [0.2, 0.25) is 0 Å². The van der Waals surface area contributed by atoms with E-state index in [0.29, 0.717) is 19.8 Å². The Morgan fingerprint density at radius 3 is 2.93 bits per heavy atom. The summed E-state index contributed by atoms with van der Waals surface area (Å²) >= 11 is 0. The number of hydrogen-bond acceptors (Lipinski definition) is 6. The van der Waals surface area contributed by atoms with Crippen molar-refractivity contribution in [2.45, 2.75) is 26.2 Å². The predicted octanol–water partition coefficient (Wildman–Crippen LogP) is 0.933. The molecule has 0 aliphatic carbocycles. The van der Waals surface area contributed by atoms with Gasteiger partial charge in [0.25, 0.3) is 0 Å². The number of rotatable bonds is 6. The maximum atomic E-state index is 11.5. The van der Waals surface area contributed by atoms with E-state index in [1.165, 1.54) is 12.7 Å². The average molecular weight is 372 g/mol. The Hall–Kier alpha value is -2.58. The number of hydrogen-bond donors (Lipinski definition) is 1. The molecule has 144 valence electrons. The highest BCUT2D eigenvalue weighted by atomic mass is 16.6. The Kier molecular flexibility index (Phi) is 5.26. The molecule has 0 saturated carbocycles. The van der Waals surface area contributed by atoms with E-state index in [-0.39, 0.29) is 12.5 Å². The topological polar surface area (TPSA) is 77.9 Å². The van der Waals surface area contributed by atoms with E-state index in [4.69, 9.17) is 14.2 Å². The van der Waals surface area contributed by atoms with E-state index < -0.39 is 0 Å². The lowest BCUT2D eigenvalue weighted by molar-refractivity contribution is -0.124. The second-order valence-electron chi connectivity index (χ2n) is 6.75. The summed E-state index contributed by atoms with van der Waals surface area (Å²) in [6, 6.07) is 8.20. The van der Waals surface area contributed by atoms with Crippen molar-refractivity contribution in [2.24, 2.45) is 0 Å². The number of nitrogens with one attached hydrogen (secondary N) is 1. The van der Waals surface area contributed by atoms with Crippen molar-refractivity contribution in [3.8, 4) is 11.5 Å². The molecule has 27 heavy (non-hydrogen) atoms. The molecule has 2 aliphatic heterocycles. The molecule has 1 N–H and O–H groups in total. The standard InChI is InChI=1S/C19H24N4O4/c1-25-13-19(24)20-10-15-9-16-12-22(4-5-23(16)21-15)11-14-2-3-17-18(8-14)27-7-6-26-17/h2-3,8-9H,4-7,10-13H2,1H3,(H,20,24). The van der Waals surface area contributed by atoms with Crippen LogP contribution in [-0.2, 0) is 35.7 Å². The Morgan fingerprint density at radius 1 is 1.22 bits per heavy atom. The smallest absolute Gasteiger partial charge is 0.246 e. The lowest BCUT2D eigenvalue weighted by Gasteiger charge is -2.28. The van der Waals surface area contributed by atoms with E-state index in [9.17, 15) is 4.79 Å². The van der Waals surface area contributed by atoms with Gasteiger partial charge in [-0.05, 0) is 23.8 Å². The summed E-state index contributed by atoms with van der Waals surface area (Å²) in [5.41, 5.74) is 3.24. The highest BCUT2D eigenvalue weighted by molar-refractivity contribution is 5.77. The van der Waals surface area contributed by atoms with E-state index in [1.54, 1.807) is 0 Å². The molecule has 8 nitrogen and oxygen atoms in total. The number of carbonyl (C=O) groups excluding carboxylic acids is 1. The van der Waals surface area contributed by atoms with Crippen LogP contribution in [0.4, 0.5) is 0 Å². The zero-order valence-electron chi connectivity index (χ0n) is 15.4. The van der Waals surface area contributed by atoms with Gasteiger partial charge >= 0.3 is 0 Å². The first-order chi connectivity index (χ1) is 13.2. The Labute approximate surface area is 158 Å². The fraction of sp³-hybridized carbons (Fsp3) is 0.474. The number of methoxy groups -OCH3 is 1. The third-order valence-electron chi connectivity index (χ3n) is 4.68. The van der Waals surface area contributed by atoms with Crippen molar-refractivity contribution in [2.75, 3.05) is 33.5 Å². The van der Waals surface area contributed by atoms with Gasteiger partial charge in [0.1, 0.15) is 19.8 Å². The molecule has 4 rings (SSSR count). The minimum absolute atomic E-state index is 0.0663. The summed E-state index contributed by atoms with van der Waals surface area (Å²) in [5, 5.41) is 7.39. The number of fused-ring (bicyclic) bond motifs is 2. The van der Waals surface area contributed by atoms with Crippen LogP contribution in [-0.4, -0.2) is 54.1 Å². The molecule has 2 aliphatic rings. The van der Waals surface area contributed by atoms with E-state index >= 15 is 0 Å². The summed E-state index contributed by atoms with van der Waals surface area (Å²) in [6.45, 7) is 5.14. The number of ether oxygens (including phenoxy) is 3. The molecule has 0 unspecified atom stereocenters. The first-order valence-electron chi connectivity index (χ1n) is 9.13. The average Bonchev–Trinajstić information content (AvgIpc) is 3.09. The zero-order valence-corrected chi connectivity index (χ0v) is 15.4. The molecular weight excluding hydrogens is 348 g/mol. The van der Waals surface area contributed by atoms with Gasteiger partial charge in [-0.2, -0.15) is 5.10 Å². The van der Waals surface area contributed by atoms with Crippen molar-refractivity contribution >= 4 is 5.91 Å². The first-order valence-corrected chi connectivity index (χ1v) is 9.13. The van der Waals surface area contributed by atoms with Crippen molar-refractivity contribution < 1.29 is 19.0 Å². The normalized spacial score (nSPS) is 16.0. The van der Waals surface area contributed by atoms with Crippen LogP contribution in [0, 0.1) is 0 Å². The van der Waals surface area contributed by atoms with Crippen molar-refractivity contribution in [3.63, 3.8) is 0 Å². The van der Waals surface area contributed by atoms with Crippen LogP contribution in [0.5, 0.6) is 11.5 Å². The fourth-order valence-corrected chi connectivity index (χ4v) is 3.42. The van der Waals surface area contributed by atoms with Gasteiger partial charge < -0.3 is 19.5 Å². The molecule has 0 bridgehead atoms. The molecule has 0 atom stereocenters. The van der Waals surface area contributed by atoms with Gasteiger partial charge in [-0.25, -0.2) is 0 Å². The minimum Gasteiger partial charge on any atom is -0.486 e. The number of nitrogens with zero attached hydrogens (tertiary/aromatic N) is 3. The number of carbonyl (C=O) groups is 1. The molecule has 0 fully saturated rings. The first kappa shape index (κ1) is 17.8. The second-order valence-corrected chi connectivity index (χ2v) is 6.75. The van der Waals surface area contributed by atoms with Crippen LogP contribution in [0.15, 0.2) is 24.3 Å². The Balaban J connectivity index is 1.36. The summed E-state index contributed by atoms with van der Waals surface area (Å²) in [4.78, 5) is 13.9. The fourth-order valence-electron chi connectivity index (χ4n) is 3.42. The lowest BCUT2D eigenvalue weighted by atomic mass is 10.1. The molecule has 0 radical (unpaired) electrons. The van der Waals surface area contributed by atoms with Gasteiger partial charge in [0.2, 0.25) is 5.91 Å². The monoisotopic (exact) mass is 372 g/mol. The summed E-state index contributed by atoms with van der Waals surface area (Å²) in [6.07, 6.45) is 0. The van der Waals surface area contributed by atoms with Gasteiger partial charge in [-0.3, -0.25) is 14.4 Å². The van der Waals surface area contributed by atoms with Crippen LogP contribution in [0.1, 0.15) is 17.0 Å². The highest BCUT2D eigenvalue weighted by Gasteiger charge is 2.20. The van der Waals surface area contributed by atoms with Crippen LogP contribution < -0.4 is 14.8 Å². The summed E-state index contributed by atoms with van der Waals surface area (Å²) in [5.74, 6) is 1.51. The van der Waals surface area contributed by atoms with Gasteiger partial charge in [-0.1, -0.05) is 6.07 Å². The van der Waals surface area contributed by atoms with Gasteiger partial charge in [0, 0.05) is 26.7 Å². The molecule has 0 saturated heterocycles. The molecule has 3 heterocycles. The van der Waals surface area contributed by atoms with E-state index in [0.717, 1.165) is 49.1 Å². The molecule has 1 aromatic heterocycles. The van der Waals surface area contributed by atoms with E-state index in [1.807, 2.05) is 10.7 Å².